The molecule has 2 aromatic rings. The monoisotopic (exact) mass is 273 g/mol. The Morgan fingerprint density at radius 3 is 2.95 bits per heavy atom. The normalized spacial score (nSPS) is 10.3. The molecule has 0 aliphatic heterocycles. The van der Waals surface area contributed by atoms with Crippen LogP contribution in [0.3, 0.4) is 0 Å². The van der Waals surface area contributed by atoms with Gasteiger partial charge in [-0.25, -0.2) is 0 Å². The first-order valence-electron chi connectivity index (χ1n) is 6.63. The lowest BCUT2D eigenvalue weighted by Gasteiger charge is -2.08. The summed E-state index contributed by atoms with van der Waals surface area (Å²) < 4.78 is 10.8. The summed E-state index contributed by atoms with van der Waals surface area (Å²) in [5, 5.41) is 3.18. The molecule has 0 saturated heterocycles. The van der Waals surface area contributed by atoms with E-state index >= 15 is 0 Å². The maximum absolute atomic E-state index is 5.72. The fraction of sp³-hybridized carbons (Fsp3) is 0.333. The predicted molar refractivity (Wildman–Crippen MR) is 78.0 cm³/mol. The average Bonchev–Trinajstić information content (AvgIpc) is 2.46. The van der Waals surface area contributed by atoms with E-state index in [0.29, 0.717) is 12.5 Å². The first-order chi connectivity index (χ1) is 9.81. The summed E-state index contributed by atoms with van der Waals surface area (Å²) in [7, 11) is 1.67. The van der Waals surface area contributed by atoms with Gasteiger partial charge in [0.15, 0.2) is 0 Å². The summed E-state index contributed by atoms with van der Waals surface area (Å²) in [4.78, 5) is 8.47. The Morgan fingerprint density at radius 1 is 1.25 bits per heavy atom. The zero-order valence-electron chi connectivity index (χ0n) is 11.8. The summed E-state index contributed by atoms with van der Waals surface area (Å²) in [6, 6.07) is 7.72. The van der Waals surface area contributed by atoms with Crippen molar-refractivity contribution in [2.24, 2.45) is 0 Å². The van der Waals surface area contributed by atoms with E-state index in [-0.39, 0.29) is 0 Å². The second kappa shape index (κ2) is 7.45. The molecule has 0 bridgehead atoms. The first kappa shape index (κ1) is 14.3. The van der Waals surface area contributed by atoms with Crippen molar-refractivity contribution in [3.8, 4) is 11.6 Å². The largest absolute Gasteiger partial charge is 0.437 e. The molecular weight excluding hydrogens is 254 g/mol. The molecule has 0 aliphatic rings. The van der Waals surface area contributed by atoms with E-state index in [4.69, 9.17) is 9.47 Å². The van der Waals surface area contributed by atoms with Gasteiger partial charge >= 0.3 is 0 Å². The smallest absolute Gasteiger partial charge is 0.239 e. The quantitative estimate of drug-likeness (QED) is 0.839. The number of aromatic nitrogens is 2. The van der Waals surface area contributed by atoms with Gasteiger partial charge in [0.1, 0.15) is 11.6 Å². The summed E-state index contributed by atoms with van der Waals surface area (Å²) >= 11 is 0. The molecular formula is C15H19N3O2. The average molecular weight is 273 g/mol. The molecule has 0 radical (unpaired) electrons. The summed E-state index contributed by atoms with van der Waals surface area (Å²) in [5.74, 6) is 1.92. The number of methoxy groups -OCH3 is 1. The van der Waals surface area contributed by atoms with Crippen LogP contribution < -0.4 is 10.1 Å². The maximum atomic E-state index is 5.72. The number of hydrogen-bond acceptors (Lipinski definition) is 5. The fourth-order valence-electron chi connectivity index (χ4n) is 1.72. The number of ether oxygens (including phenoxy) is 2. The Bertz CT molecular complexity index is 546. The van der Waals surface area contributed by atoms with Crippen LogP contribution >= 0.6 is 0 Å². The van der Waals surface area contributed by atoms with Crippen LogP contribution in [0.2, 0.25) is 0 Å². The molecule has 5 heteroatoms. The van der Waals surface area contributed by atoms with Crippen molar-refractivity contribution in [3.63, 3.8) is 0 Å². The van der Waals surface area contributed by atoms with Crippen LogP contribution in [0, 0.1) is 0 Å². The van der Waals surface area contributed by atoms with Crippen molar-refractivity contribution < 1.29 is 9.47 Å². The van der Waals surface area contributed by atoms with Crippen LogP contribution in [0.15, 0.2) is 36.7 Å². The number of nitrogens with zero attached hydrogens (tertiary/aromatic N) is 2. The lowest BCUT2D eigenvalue weighted by Crippen LogP contribution is -2.03. The Hall–Kier alpha value is -2.14. The lowest BCUT2D eigenvalue weighted by molar-refractivity contribution is 0.184. The Kier molecular flexibility index (Phi) is 5.32. The molecule has 20 heavy (non-hydrogen) atoms. The predicted octanol–water partition coefficient (Wildman–Crippen LogP) is 3.24. The van der Waals surface area contributed by atoms with Gasteiger partial charge < -0.3 is 14.8 Å². The zero-order valence-corrected chi connectivity index (χ0v) is 11.8. The molecule has 0 unspecified atom stereocenters. The van der Waals surface area contributed by atoms with Crippen molar-refractivity contribution in [1.82, 2.24) is 9.97 Å². The van der Waals surface area contributed by atoms with Gasteiger partial charge in [0.05, 0.1) is 19.0 Å². The molecule has 0 amide bonds. The number of benzene rings is 1. The molecule has 2 rings (SSSR count). The third-order valence-electron chi connectivity index (χ3n) is 2.60. The van der Waals surface area contributed by atoms with E-state index < -0.39 is 0 Å². The minimum Gasteiger partial charge on any atom is -0.437 e. The molecule has 0 spiro atoms. The molecule has 5 nitrogen and oxygen atoms in total. The van der Waals surface area contributed by atoms with Gasteiger partial charge in [0.2, 0.25) is 5.88 Å². The molecule has 0 aliphatic carbocycles. The van der Waals surface area contributed by atoms with Gasteiger partial charge in [0.25, 0.3) is 0 Å². The topological polar surface area (TPSA) is 56.3 Å². The van der Waals surface area contributed by atoms with Crippen LogP contribution in [0.5, 0.6) is 11.6 Å². The van der Waals surface area contributed by atoms with Gasteiger partial charge in [-0.15, -0.1) is 0 Å². The van der Waals surface area contributed by atoms with E-state index in [0.717, 1.165) is 30.1 Å². The van der Waals surface area contributed by atoms with Crippen LogP contribution in [-0.4, -0.2) is 23.6 Å². The minimum absolute atomic E-state index is 0.473. The standard InChI is InChI=1S/C15H19N3O2/c1-3-7-17-14-9-16-10-15(18-14)20-13-6-4-5-12(8-13)11-19-2/h4-6,8-10H,3,7,11H2,1-2H3,(H,17,18). The second-order valence-corrected chi connectivity index (χ2v) is 4.35. The lowest BCUT2D eigenvalue weighted by atomic mass is 10.2. The summed E-state index contributed by atoms with van der Waals surface area (Å²) in [6.45, 7) is 3.52. The summed E-state index contributed by atoms with van der Waals surface area (Å²) in [5.41, 5.74) is 1.05. The second-order valence-electron chi connectivity index (χ2n) is 4.35. The Labute approximate surface area is 119 Å². The van der Waals surface area contributed by atoms with Gasteiger partial charge in [-0.05, 0) is 24.1 Å². The van der Waals surface area contributed by atoms with E-state index in [2.05, 4.69) is 22.2 Å². The van der Waals surface area contributed by atoms with Crippen LogP contribution in [-0.2, 0) is 11.3 Å². The highest BCUT2D eigenvalue weighted by atomic mass is 16.5. The number of nitrogens with one attached hydrogen (secondary N) is 1. The van der Waals surface area contributed by atoms with Crippen LogP contribution in [0.1, 0.15) is 18.9 Å². The highest BCUT2D eigenvalue weighted by Crippen LogP contribution is 2.21. The molecule has 1 aromatic carbocycles. The van der Waals surface area contributed by atoms with Crippen molar-refractivity contribution in [2.45, 2.75) is 20.0 Å². The minimum atomic E-state index is 0.473. The van der Waals surface area contributed by atoms with Gasteiger partial charge in [-0.3, -0.25) is 4.98 Å². The fourth-order valence-corrected chi connectivity index (χ4v) is 1.72. The van der Waals surface area contributed by atoms with Crippen molar-refractivity contribution >= 4 is 5.82 Å². The highest BCUT2D eigenvalue weighted by Gasteiger charge is 2.02. The van der Waals surface area contributed by atoms with Crippen molar-refractivity contribution in [3.05, 3.63) is 42.2 Å². The van der Waals surface area contributed by atoms with E-state index in [1.54, 1.807) is 19.5 Å². The molecule has 1 N–H and O–H groups in total. The van der Waals surface area contributed by atoms with Gasteiger partial charge in [-0.2, -0.15) is 4.98 Å². The van der Waals surface area contributed by atoms with Gasteiger partial charge in [0, 0.05) is 13.7 Å². The van der Waals surface area contributed by atoms with Crippen LogP contribution in [0.25, 0.3) is 0 Å². The van der Waals surface area contributed by atoms with Crippen molar-refractivity contribution in [1.29, 1.82) is 0 Å². The molecule has 1 aromatic heterocycles. The van der Waals surface area contributed by atoms with Crippen LogP contribution in [0.4, 0.5) is 5.82 Å². The van der Waals surface area contributed by atoms with Gasteiger partial charge in [-0.1, -0.05) is 19.1 Å². The SMILES string of the molecule is CCCNc1cncc(Oc2cccc(COC)c2)n1. The molecule has 1 heterocycles. The highest BCUT2D eigenvalue weighted by molar-refractivity contribution is 5.35. The number of anilines is 1. The molecule has 106 valence electrons. The Morgan fingerprint density at radius 2 is 2.15 bits per heavy atom. The third kappa shape index (κ3) is 4.20. The maximum Gasteiger partial charge on any atom is 0.239 e. The van der Waals surface area contributed by atoms with Crippen molar-refractivity contribution in [2.75, 3.05) is 19.0 Å². The zero-order chi connectivity index (χ0) is 14.2. The van der Waals surface area contributed by atoms with E-state index in [1.165, 1.54) is 0 Å². The summed E-state index contributed by atoms with van der Waals surface area (Å²) in [6.07, 6.45) is 4.32. The Balaban J connectivity index is 2.07. The number of hydrogen-bond donors (Lipinski definition) is 1. The first-order valence-corrected chi connectivity index (χ1v) is 6.63. The molecule has 0 atom stereocenters. The van der Waals surface area contributed by atoms with E-state index in [1.807, 2.05) is 24.3 Å². The van der Waals surface area contributed by atoms with E-state index in [9.17, 15) is 0 Å². The number of rotatable bonds is 7. The molecule has 0 fully saturated rings. The third-order valence-corrected chi connectivity index (χ3v) is 2.60. The molecule has 0 saturated carbocycles.